The predicted octanol–water partition coefficient (Wildman–Crippen LogP) is -0.771. The van der Waals surface area contributed by atoms with Crippen molar-refractivity contribution in [1.82, 2.24) is 20.6 Å². The van der Waals surface area contributed by atoms with Gasteiger partial charge in [-0.05, 0) is 31.0 Å². The van der Waals surface area contributed by atoms with Gasteiger partial charge >= 0.3 is 11.9 Å². The second kappa shape index (κ2) is 10.4. The highest BCUT2D eigenvalue weighted by atomic mass is 16.4. The Hall–Kier alpha value is -3.44. The number of carbonyl (C=O) groups is 3. The number of phenols is 1. The van der Waals surface area contributed by atoms with Gasteiger partial charge in [-0.15, -0.1) is 0 Å². The molecule has 0 unspecified atom stereocenters. The lowest BCUT2D eigenvalue weighted by Gasteiger charge is -2.26. The van der Waals surface area contributed by atoms with E-state index in [0.717, 1.165) is 0 Å². The lowest BCUT2D eigenvalue weighted by atomic mass is 10.0. The van der Waals surface area contributed by atoms with E-state index in [-0.39, 0.29) is 18.6 Å². The number of carboxylic acids is 2. The maximum Gasteiger partial charge on any atom is 0.327 e. The van der Waals surface area contributed by atoms with Crippen LogP contribution >= 0.6 is 0 Å². The first-order chi connectivity index (χ1) is 14.2. The molecule has 1 amide bonds. The number of benzene rings is 1. The molecule has 2 rings (SSSR count). The Morgan fingerprint density at radius 1 is 1.13 bits per heavy atom. The smallest absolute Gasteiger partial charge is 0.327 e. The van der Waals surface area contributed by atoms with Crippen LogP contribution in [-0.2, 0) is 27.2 Å². The Morgan fingerprint density at radius 2 is 1.80 bits per heavy atom. The van der Waals surface area contributed by atoms with Gasteiger partial charge in [0.2, 0.25) is 5.91 Å². The monoisotopic (exact) mass is 419 g/mol. The van der Waals surface area contributed by atoms with Crippen molar-refractivity contribution in [3.63, 3.8) is 0 Å². The highest BCUT2D eigenvalue weighted by molar-refractivity contribution is 5.87. The van der Waals surface area contributed by atoms with Crippen molar-refractivity contribution >= 4 is 17.8 Å². The number of hydrogen-bond donors (Lipinski definition) is 7. The number of imidazole rings is 1. The lowest BCUT2D eigenvalue weighted by molar-refractivity contribution is -0.144. The second-order valence-corrected chi connectivity index (χ2v) is 6.93. The van der Waals surface area contributed by atoms with Crippen molar-refractivity contribution < 1.29 is 29.7 Å². The zero-order valence-corrected chi connectivity index (χ0v) is 16.3. The molecule has 0 fully saturated rings. The Morgan fingerprint density at radius 3 is 2.33 bits per heavy atom. The highest BCUT2D eigenvalue weighted by Crippen LogP contribution is 2.11. The molecule has 0 saturated heterocycles. The van der Waals surface area contributed by atoms with E-state index in [0.29, 0.717) is 11.3 Å². The Balaban J connectivity index is 2.00. The molecule has 2 aromatic rings. The first kappa shape index (κ1) is 22.8. The largest absolute Gasteiger partial charge is 0.508 e. The summed E-state index contributed by atoms with van der Waals surface area (Å²) in [6.07, 6.45) is 3.08. The topological polar surface area (TPSA) is 191 Å². The molecule has 0 aliphatic heterocycles. The van der Waals surface area contributed by atoms with Gasteiger partial charge in [0.05, 0.1) is 12.4 Å². The van der Waals surface area contributed by atoms with Gasteiger partial charge in [0.15, 0.2) is 0 Å². The first-order valence-electron chi connectivity index (χ1n) is 9.20. The third-order valence-corrected chi connectivity index (χ3v) is 4.53. The number of carbonyl (C=O) groups excluding carboxylic acids is 1. The predicted molar refractivity (Wildman–Crippen MR) is 106 cm³/mol. The SMILES string of the molecule is C[C@@H](N[C@@H](Cc1cnc[nH]1)C(=O)O)[C@H](NC(=O)[C@@H](N)Cc1ccc(O)cc1)C(=O)O. The number of nitrogens with zero attached hydrogens (tertiary/aromatic N) is 1. The normalized spacial score (nSPS) is 15.0. The molecule has 11 heteroatoms. The Labute approximate surface area is 172 Å². The molecule has 30 heavy (non-hydrogen) atoms. The number of aromatic nitrogens is 2. The number of aromatic amines is 1. The van der Waals surface area contributed by atoms with Gasteiger partial charge in [-0.3, -0.25) is 14.9 Å². The van der Waals surface area contributed by atoms with Gasteiger partial charge in [0.1, 0.15) is 17.8 Å². The third-order valence-electron chi connectivity index (χ3n) is 4.53. The summed E-state index contributed by atoms with van der Waals surface area (Å²) >= 11 is 0. The maximum absolute atomic E-state index is 12.4. The van der Waals surface area contributed by atoms with Crippen LogP contribution < -0.4 is 16.4 Å². The summed E-state index contributed by atoms with van der Waals surface area (Å²) in [5.74, 6) is -3.11. The van der Waals surface area contributed by atoms with E-state index in [1.54, 1.807) is 12.1 Å². The average molecular weight is 419 g/mol. The number of H-pyrrole nitrogens is 1. The number of amides is 1. The molecule has 0 aliphatic rings. The Kier molecular flexibility index (Phi) is 7.90. The first-order valence-corrected chi connectivity index (χ1v) is 9.20. The molecule has 4 atom stereocenters. The summed E-state index contributed by atoms with van der Waals surface area (Å²) in [6, 6.07) is 1.70. The number of nitrogens with two attached hydrogens (primary N) is 1. The van der Waals surface area contributed by atoms with Gasteiger partial charge < -0.3 is 31.4 Å². The molecule has 1 heterocycles. The molecule has 11 nitrogen and oxygen atoms in total. The van der Waals surface area contributed by atoms with Crippen molar-refractivity contribution in [2.45, 2.75) is 43.9 Å². The van der Waals surface area contributed by atoms with Gasteiger partial charge in [0.25, 0.3) is 0 Å². The summed E-state index contributed by atoms with van der Waals surface area (Å²) in [4.78, 5) is 42.2. The van der Waals surface area contributed by atoms with Crippen LogP contribution in [0.15, 0.2) is 36.8 Å². The molecule has 0 aliphatic carbocycles. The van der Waals surface area contributed by atoms with Crippen LogP contribution in [0.25, 0.3) is 0 Å². The lowest BCUT2D eigenvalue weighted by Crippen LogP contribution is -2.59. The number of hydrogen-bond acceptors (Lipinski definition) is 7. The average Bonchev–Trinajstić information content (AvgIpc) is 3.19. The van der Waals surface area contributed by atoms with Crippen LogP contribution in [-0.4, -0.2) is 67.3 Å². The summed E-state index contributed by atoms with van der Waals surface area (Å²) < 4.78 is 0. The van der Waals surface area contributed by atoms with Gasteiger partial charge in [-0.25, -0.2) is 9.78 Å². The minimum atomic E-state index is -1.40. The third kappa shape index (κ3) is 6.57. The molecule has 8 N–H and O–H groups in total. The van der Waals surface area contributed by atoms with E-state index in [4.69, 9.17) is 5.73 Å². The fraction of sp³-hybridized carbons (Fsp3) is 0.368. The number of nitrogens with one attached hydrogen (secondary N) is 3. The summed E-state index contributed by atoms with van der Waals surface area (Å²) in [7, 11) is 0. The van der Waals surface area contributed by atoms with Crippen LogP contribution in [0.3, 0.4) is 0 Å². The second-order valence-electron chi connectivity index (χ2n) is 6.93. The highest BCUT2D eigenvalue weighted by Gasteiger charge is 2.31. The molecule has 1 aromatic carbocycles. The molecule has 162 valence electrons. The minimum Gasteiger partial charge on any atom is -0.508 e. The summed E-state index contributed by atoms with van der Waals surface area (Å²) in [5.41, 5.74) is 7.14. The van der Waals surface area contributed by atoms with Gasteiger partial charge in [-0.1, -0.05) is 12.1 Å². The maximum atomic E-state index is 12.4. The van der Waals surface area contributed by atoms with Crippen LogP contribution in [0.4, 0.5) is 0 Å². The van der Waals surface area contributed by atoms with Crippen molar-refractivity contribution in [2.24, 2.45) is 5.73 Å². The summed E-state index contributed by atoms with van der Waals surface area (Å²) in [5, 5.41) is 33.3. The van der Waals surface area contributed by atoms with Gasteiger partial charge in [-0.2, -0.15) is 0 Å². The molecule has 0 saturated carbocycles. The van der Waals surface area contributed by atoms with E-state index in [9.17, 15) is 29.7 Å². The quantitative estimate of drug-likeness (QED) is 0.245. The van der Waals surface area contributed by atoms with Crippen molar-refractivity contribution in [3.8, 4) is 5.75 Å². The molecule has 1 aromatic heterocycles. The summed E-state index contributed by atoms with van der Waals surface area (Å²) in [6.45, 7) is 1.47. The molecule has 0 radical (unpaired) electrons. The number of rotatable bonds is 11. The number of aliphatic carboxylic acids is 2. The number of phenolic OH excluding ortho intramolecular Hbond substituents is 1. The van der Waals surface area contributed by atoms with Gasteiger partial charge in [0, 0.05) is 24.4 Å². The molecular weight excluding hydrogens is 394 g/mol. The zero-order chi connectivity index (χ0) is 22.3. The fourth-order valence-electron chi connectivity index (χ4n) is 2.89. The van der Waals surface area contributed by atoms with Crippen molar-refractivity contribution in [1.29, 1.82) is 0 Å². The van der Waals surface area contributed by atoms with Crippen LogP contribution in [0, 0.1) is 0 Å². The number of aromatic hydroxyl groups is 1. The van der Waals surface area contributed by atoms with Crippen LogP contribution in [0.2, 0.25) is 0 Å². The van der Waals surface area contributed by atoms with E-state index in [1.165, 1.54) is 31.6 Å². The number of carboxylic acid groups (broad SMARTS) is 2. The molecule has 0 spiro atoms. The van der Waals surface area contributed by atoms with Crippen LogP contribution in [0.5, 0.6) is 5.75 Å². The standard InChI is InChI=1S/C19H25N5O6/c1-10(23-15(18(27)28)7-12-8-21-9-22-12)16(19(29)30)24-17(26)14(20)6-11-2-4-13(25)5-3-11/h2-5,8-10,14-16,23,25H,6-7,20H2,1H3,(H,21,22)(H,24,26)(H,27,28)(H,29,30)/t10-,14+,15+,16+/m1/s1. The molecular formula is C19H25N5O6. The van der Waals surface area contributed by atoms with E-state index in [1.807, 2.05) is 0 Å². The van der Waals surface area contributed by atoms with E-state index >= 15 is 0 Å². The van der Waals surface area contributed by atoms with Crippen molar-refractivity contribution in [3.05, 3.63) is 48.0 Å². The molecule has 0 bridgehead atoms. The van der Waals surface area contributed by atoms with E-state index < -0.39 is 42.0 Å². The minimum absolute atomic E-state index is 0.0559. The van der Waals surface area contributed by atoms with Crippen molar-refractivity contribution in [2.75, 3.05) is 0 Å². The van der Waals surface area contributed by atoms with Crippen LogP contribution in [0.1, 0.15) is 18.2 Å². The zero-order valence-electron chi connectivity index (χ0n) is 16.3. The fourth-order valence-corrected chi connectivity index (χ4v) is 2.89. The Bertz CT molecular complexity index is 855. The van der Waals surface area contributed by atoms with E-state index in [2.05, 4.69) is 20.6 Å².